The predicted octanol–water partition coefficient (Wildman–Crippen LogP) is 1.02. The fourth-order valence-corrected chi connectivity index (χ4v) is 2.01. The SMILES string of the molecule is NC1CCC(n2cc(C(=O)O)cn2)CC1. The van der Waals surface area contributed by atoms with Crippen LogP contribution in [0, 0.1) is 0 Å². The number of nitrogens with two attached hydrogens (primary N) is 1. The van der Waals surface area contributed by atoms with Gasteiger partial charge >= 0.3 is 5.97 Å². The lowest BCUT2D eigenvalue weighted by atomic mass is 9.92. The van der Waals surface area contributed by atoms with Crippen molar-refractivity contribution in [3.63, 3.8) is 0 Å². The molecule has 0 atom stereocenters. The fourth-order valence-electron chi connectivity index (χ4n) is 2.01. The Hall–Kier alpha value is -1.36. The maximum absolute atomic E-state index is 10.7. The van der Waals surface area contributed by atoms with Gasteiger partial charge in [0.1, 0.15) is 0 Å². The first-order valence-corrected chi connectivity index (χ1v) is 5.20. The largest absolute Gasteiger partial charge is 0.478 e. The van der Waals surface area contributed by atoms with E-state index in [0.29, 0.717) is 12.1 Å². The lowest BCUT2D eigenvalue weighted by Gasteiger charge is -2.26. The van der Waals surface area contributed by atoms with Crippen molar-refractivity contribution in [1.82, 2.24) is 9.78 Å². The molecule has 0 amide bonds. The van der Waals surface area contributed by atoms with Crippen LogP contribution in [0.4, 0.5) is 0 Å². The standard InChI is InChI=1S/C10H15N3O2/c11-8-1-3-9(4-2-8)13-6-7(5-12-13)10(14)15/h5-6,8-9H,1-4,11H2,(H,14,15). The van der Waals surface area contributed by atoms with Gasteiger partial charge in [-0.15, -0.1) is 0 Å². The van der Waals surface area contributed by atoms with Crippen LogP contribution >= 0.6 is 0 Å². The van der Waals surface area contributed by atoms with E-state index in [2.05, 4.69) is 5.10 Å². The van der Waals surface area contributed by atoms with Crippen molar-refractivity contribution in [1.29, 1.82) is 0 Å². The maximum Gasteiger partial charge on any atom is 0.338 e. The maximum atomic E-state index is 10.7. The van der Waals surface area contributed by atoms with E-state index in [0.717, 1.165) is 25.7 Å². The summed E-state index contributed by atoms with van der Waals surface area (Å²) in [5.74, 6) is -0.922. The van der Waals surface area contributed by atoms with Gasteiger partial charge in [0.05, 0.1) is 17.8 Å². The van der Waals surface area contributed by atoms with Crippen LogP contribution in [0.1, 0.15) is 42.1 Å². The Morgan fingerprint density at radius 2 is 2.13 bits per heavy atom. The molecule has 0 unspecified atom stereocenters. The van der Waals surface area contributed by atoms with Gasteiger partial charge in [0.2, 0.25) is 0 Å². The molecule has 5 nitrogen and oxygen atoms in total. The summed E-state index contributed by atoms with van der Waals surface area (Å²) >= 11 is 0. The van der Waals surface area contributed by atoms with Crippen LogP contribution < -0.4 is 5.73 Å². The van der Waals surface area contributed by atoms with Gasteiger partial charge in [0.15, 0.2) is 0 Å². The normalized spacial score (nSPS) is 26.5. The summed E-state index contributed by atoms with van der Waals surface area (Å²) in [5.41, 5.74) is 6.06. The van der Waals surface area contributed by atoms with Crippen molar-refractivity contribution in [2.24, 2.45) is 5.73 Å². The summed E-state index contributed by atoms with van der Waals surface area (Å²) < 4.78 is 1.76. The second kappa shape index (κ2) is 4.02. The molecule has 1 aliphatic carbocycles. The molecule has 3 N–H and O–H groups in total. The molecule has 82 valence electrons. The minimum atomic E-state index is -0.922. The van der Waals surface area contributed by atoms with Crippen LogP contribution in [-0.4, -0.2) is 26.9 Å². The van der Waals surface area contributed by atoms with Crippen molar-refractivity contribution in [3.05, 3.63) is 18.0 Å². The Balaban J connectivity index is 2.06. The molecule has 1 aliphatic rings. The van der Waals surface area contributed by atoms with Crippen LogP contribution in [0.15, 0.2) is 12.4 Å². The lowest BCUT2D eigenvalue weighted by molar-refractivity contribution is 0.0696. The number of carboxylic acid groups (broad SMARTS) is 1. The average molecular weight is 209 g/mol. The molecular formula is C10H15N3O2. The molecule has 0 saturated heterocycles. The Morgan fingerprint density at radius 3 is 2.67 bits per heavy atom. The van der Waals surface area contributed by atoms with Gasteiger partial charge in [0.25, 0.3) is 0 Å². The van der Waals surface area contributed by atoms with E-state index in [1.54, 1.807) is 10.9 Å². The first-order valence-electron chi connectivity index (χ1n) is 5.20. The number of hydrogen-bond acceptors (Lipinski definition) is 3. The number of nitrogens with zero attached hydrogens (tertiary/aromatic N) is 2. The number of carboxylic acids is 1. The Bertz CT molecular complexity index is 353. The first kappa shape index (κ1) is 10.2. The fraction of sp³-hybridized carbons (Fsp3) is 0.600. The number of aromatic carboxylic acids is 1. The third-order valence-corrected chi connectivity index (χ3v) is 2.96. The third-order valence-electron chi connectivity index (χ3n) is 2.96. The van der Waals surface area contributed by atoms with E-state index < -0.39 is 5.97 Å². The van der Waals surface area contributed by atoms with Gasteiger partial charge in [-0.05, 0) is 25.7 Å². The molecule has 1 saturated carbocycles. The number of rotatable bonds is 2. The highest BCUT2D eigenvalue weighted by Gasteiger charge is 2.21. The molecule has 0 aliphatic heterocycles. The number of hydrogen-bond donors (Lipinski definition) is 2. The quantitative estimate of drug-likeness (QED) is 0.762. The summed E-state index contributed by atoms with van der Waals surface area (Å²) in [6.07, 6.45) is 6.96. The zero-order valence-electron chi connectivity index (χ0n) is 8.47. The van der Waals surface area contributed by atoms with Gasteiger partial charge < -0.3 is 10.8 Å². The minimum Gasteiger partial charge on any atom is -0.478 e. The Morgan fingerprint density at radius 1 is 1.47 bits per heavy atom. The van der Waals surface area contributed by atoms with Crippen LogP contribution in [0.2, 0.25) is 0 Å². The monoisotopic (exact) mass is 209 g/mol. The summed E-state index contributed by atoms with van der Waals surface area (Å²) in [6.45, 7) is 0. The summed E-state index contributed by atoms with van der Waals surface area (Å²) in [7, 11) is 0. The van der Waals surface area contributed by atoms with E-state index in [4.69, 9.17) is 10.8 Å². The van der Waals surface area contributed by atoms with Gasteiger partial charge in [-0.3, -0.25) is 4.68 Å². The molecule has 1 fully saturated rings. The predicted molar refractivity (Wildman–Crippen MR) is 54.7 cm³/mol. The molecule has 1 aromatic rings. The van der Waals surface area contributed by atoms with E-state index >= 15 is 0 Å². The minimum absolute atomic E-state index is 0.255. The van der Waals surface area contributed by atoms with Crippen molar-refractivity contribution in [2.75, 3.05) is 0 Å². The first-order chi connectivity index (χ1) is 7.16. The zero-order chi connectivity index (χ0) is 10.8. The highest BCUT2D eigenvalue weighted by Crippen LogP contribution is 2.27. The molecule has 0 bridgehead atoms. The topological polar surface area (TPSA) is 81.1 Å². The molecule has 1 heterocycles. The molecule has 1 aromatic heterocycles. The lowest BCUT2D eigenvalue weighted by Crippen LogP contribution is -2.28. The molecule has 2 rings (SSSR count). The second-order valence-electron chi connectivity index (χ2n) is 4.08. The smallest absolute Gasteiger partial charge is 0.338 e. The van der Waals surface area contributed by atoms with E-state index in [9.17, 15) is 4.79 Å². The molecule has 0 spiro atoms. The average Bonchev–Trinajstić information content (AvgIpc) is 2.68. The third kappa shape index (κ3) is 2.18. The van der Waals surface area contributed by atoms with Crippen LogP contribution in [-0.2, 0) is 0 Å². The highest BCUT2D eigenvalue weighted by atomic mass is 16.4. The molecule has 5 heteroatoms. The van der Waals surface area contributed by atoms with Gasteiger partial charge in [0, 0.05) is 12.2 Å². The van der Waals surface area contributed by atoms with Crippen molar-refractivity contribution >= 4 is 5.97 Å². The van der Waals surface area contributed by atoms with Crippen LogP contribution in [0.25, 0.3) is 0 Å². The Kier molecular flexibility index (Phi) is 2.73. The molecule has 0 aromatic carbocycles. The number of carbonyl (C=O) groups is 1. The second-order valence-corrected chi connectivity index (χ2v) is 4.08. The molecular weight excluding hydrogens is 194 g/mol. The van der Waals surface area contributed by atoms with Crippen LogP contribution in [0.5, 0.6) is 0 Å². The van der Waals surface area contributed by atoms with Gasteiger partial charge in [-0.1, -0.05) is 0 Å². The van der Waals surface area contributed by atoms with Crippen molar-refractivity contribution in [2.45, 2.75) is 37.8 Å². The van der Waals surface area contributed by atoms with Crippen LogP contribution in [0.3, 0.4) is 0 Å². The highest BCUT2D eigenvalue weighted by molar-refractivity contribution is 5.86. The summed E-state index contributed by atoms with van der Waals surface area (Å²) in [5, 5.41) is 12.8. The van der Waals surface area contributed by atoms with Gasteiger partial charge in [-0.25, -0.2) is 4.79 Å². The van der Waals surface area contributed by atoms with Crippen molar-refractivity contribution < 1.29 is 9.90 Å². The summed E-state index contributed by atoms with van der Waals surface area (Å²) in [4.78, 5) is 10.7. The van der Waals surface area contributed by atoms with E-state index in [1.807, 2.05) is 0 Å². The van der Waals surface area contributed by atoms with Crippen molar-refractivity contribution in [3.8, 4) is 0 Å². The van der Waals surface area contributed by atoms with E-state index in [1.165, 1.54) is 6.20 Å². The zero-order valence-corrected chi connectivity index (χ0v) is 8.47. The Labute approximate surface area is 87.9 Å². The molecule has 0 radical (unpaired) electrons. The molecule has 15 heavy (non-hydrogen) atoms. The van der Waals surface area contributed by atoms with Gasteiger partial charge in [-0.2, -0.15) is 5.10 Å². The number of aromatic nitrogens is 2. The van der Waals surface area contributed by atoms with E-state index in [-0.39, 0.29) is 5.56 Å². The summed E-state index contributed by atoms with van der Waals surface area (Å²) in [6, 6.07) is 0.619.